The monoisotopic (exact) mass is 419 g/mol. The minimum atomic E-state index is -3.93. The van der Waals surface area contributed by atoms with E-state index in [4.69, 9.17) is 0 Å². The fraction of sp³-hybridized carbons (Fsp3) is 0.158. The summed E-state index contributed by atoms with van der Waals surface area (Å²) in [7, 11) is -3.93. The fourth-order valence-corrected chi connectivity index (χ4v) is 4.60. The molecule has 0 aliphatic rings. The molecule has 28 heavy (non-hydrogen) atoms. The number of anilines is 2. The van der Waals surface area contributed by atoms with Crippen molar-refractivity contribution in [2.75, 3.05) is 10.0 Å². The summed E-state index contributed by atoms with van der Waals surface area (Å²) in [5.41, 5.74) is 3.10. The second kappa shape index (κ2) is 7.69. The van der Waals surface area contributed by atoms with Crippen molar-refractivity contribution >= 4 is 38.1 Å². The quantitative estimate of drug-likeness (QED) is 0.647. The SMILES string of the molecule is Cc1cccc(NC(=O)c2sc(NS(=O)(=O)c3ccc(F)cc3)nc2C)c1C. The average molecular weight is 420 g/mol. The third-order valence-electron chi connectivity index (χ3n) is 4.20. The highest BCUT2D eigenvalue weighted by atomic mass is 32.2. The van der Waals surface area contributed by atoms with Crippen LogP contribution < -0.4 is 10.0 Å². The number of hydrogen-bond donors (Lipinski definition) is 2. The van der Waals surface area contributed by atoms with Gasteiger partial charge in [0.25, 0.3) is 15.9 Å². The maximum absolute atomic E-state index is 13.0. The van der Waals surface area contributed by atoms with Crippen molar-refractivity contribution in [3.05, 3.63) is 70.0 Å². The number of carbonyl (C=O) groups is 1. The van der Waals surface area contributed by atoms with Crippen molar-refractivity contribution in [2.24, 2.45) is 0 Å². The van der Waals surface area contributed by atoms with Crippen LogP contribution >= 0.6 is 11.3 Å². The summed E-state index contributed by atoms with van der Waals surface area (Å²) >= 11 is 0.934. The Morgan fingerprint density at radius 1 is 1.07 bits per heavy atom. The Bertz CT molecular complexity index is 1140. The molecule has 0 radical (unpaired) electrons. The molecule has 0 saturated heterocycles. The van der Waals surface area contributed by atoms with Crippen LogP contribution in [0.5, 0.6) is 0 Å². The molecular weight excluding hydrogens is 401 g/mol. The number of carbonyl (C=O) groups excluding carboxylic acids is 1. The van der Waals surface area contributed by atoms with E-state index in [1.54, 1.807) is 13.0 Å². The number of hydrogen-bond acceptors (Lipinski definition) is 5. The van der Waals surface area contributed by atoms with Gasteiger partial charge in [-0.2, -0.15) is 0 Å². The summed E-state index contributed by atoms with van der Waals surface area (Å²) in [6, 6.07) is 10.0. The molecule has 0 bridgehead atoms. The summed E-state index contributed by atoms with van der Waals surface area (Å²) in [6.45, 7) is 5.49. The van der Waals surface area contributed by atoms with Gasteiger partial charge in [-0.15, -0.1) is 0 Å². The largest absolute Gasteiger partial charge is 0.321 e. The molecule has 2 aromatic carbocycles. The van der Waals surface area contributed by atoms with Crippen molar-refractivity contribution in [1.29, 1.82) is 0 Å². The molecule has 6 nitrogen and oxygen atoms in total. The zero-order chi connectivity index (χ0) is 20.5. The predicted molar refractivity (Wildman–Crippen MR) is 108 cm³/mol. The van der Waals surface area contributed by atoms with Gasteiger partial charge in [-0.3, -0.25) is 9.52 Å². The first-order valence-electron chi connectivity index (χ1n) is 8.31. The summed E-state index contributed by atoms with van der Waals surface area (Å²) in [6.07, 6.45) is 0. The van der Waals surface area contributed by atoms with Crippen LogP contribution in [0.1, 0.15) is 26.5 Å². The van der Waals surface area contributed by atoms with E-state index in [1.165, 1.54) is 0 Å². The van der Waals surface area contributed by atoms with Crippen LogP contribution in [0.3, 0.4) is 0 Å². The number of thiazole rings is 1. The number of benzene rings is 2. The zero-order valence-electron chi connectivity index (χ0n) is 15.4. The second-order valence-electron chi connectivity index (χ2n) is 6.19. The lowest BCUT2D eigenvalue weighted by Crippen LogP contribution is -2.13. The van der Waals surface area contributed by atoms with Gasteiger partial charge in [-0.05, 0) is 62.2 Å². The lowest BCUT2D eigenvalue weighted by molar-refractivity contribution is 0.102. The molecule has 0 atom stereocenters. The number of nitrogens with one attached hydrogen (secondary N) is 2. The first-order chi connectivity index (χ1) is 13.2. The van der Waals surface area contributed by atoms with Gasteiger partial charge in [-0.25, -0.2) is 17.8 Å². The van der Waals surface area contributed by atoms with Crippen LogP contribution in [-0.4, -0.2) is 19.3 Å². The molecule has 9 heteroatoms. The van der Waals surface area contributed by atoms with Gasteiger partial charge in [0.15, 0.2) is 5.13 Å². The first kappa shape index (κ1) is 20.0. The highest BCUT2D eigenvalue weighted by Gasteiger charge is 2.21. The van der Waals surface area contributed by atoms with E-state index in [0.717, 1.165) is 46.7 Å². The summed E-state index contributed by atoms with van der Waals surface area (Å²) in [4.78, 5) is 17.0. The number of sulfonamides is 1. The van der Waals surface area contributed by atoms with Crippen molar-refractivity contribution < 1.29 is 17.6 Å². The highest BCUT2D eigenvalue weighted by Crippen LogP contribution is 2.27. The summed E-state index contributed by atoms with van der Waals surface area (Å²) < 4.78 is 40.2. The maximum atomic E-state index is 13.0. The normalized spacial score (nSPS) is 11.3. The summed E-state index contributed by atoms with van der Waals surface area (Å²) in [5.74, 6) is -0.898. The average Bonchev–Trinajstić information content (AvgIpc) is 2.99. The molecule has 0 spiro atoms. The van der Waals surface area contributed by atoms with Crippen molar-refractivity contribution in [3.63, 3.8) is 0 Å². The Balaban J connectivity index is 1.82. The molecule has 146 valence electrons. The molecule has 2 N–H and O–H groups in total. The van der Waals surface area contributed by atoms with E-state index in [2.05, 4.69) is 15.0 Å². The topological polar surface area (TPSA) is 88.2 Å². The van der Waals surface area contributed by atoms with Gasteiger partial charge >= 0.3 is 0 Å². The van der Waals surface area contributed by atoms with Gasteiger partial charge in [0.1, 0.15) is 10.7 Å². The fourth-order valence-electron chi connectivity index (χ4n) is 2.50. The predicted octanol–water partition coefficient (Wildman–Crippen LogP) is 4.26. The van der Waals surface area contributed by atoms with Gasteiger partial charge in [-0.1, -0.05) is 23.5 Å². The third-order valence-corrected chi connectivity index (χ3v) is 6.76. The minimum absolute atomic E-state index is 0.0629. The van der Waals surface area contributed by atoms with Crippen LogP contribution in [0, 0.1) is 26.6 Å². The van der Waals surface area contributed by atoms with Crippen molar-refractivity contribution in [3.8, 4) is 0 Å². The Morgan fingerprint density at radius 2 is 1.75 bits per heavy atom. The van der Waals surface area contributed by atoms with Crippen LogP contribution in [-0.2, 0) is 10.0 Å². The Kier molecular flexibility index (Phi) is 5.48. The molecule has 0 aliphatic carbocycles. The molecule has 1 amide bonds. The van der Waals surface area contributed by atoms with E-state index in [0.29, 0.717) is 16.3 Å². The number of amides is 1. The third kappa shape index (κ3) is 4.20. The van der Waals surface area contributed by atoms with E-state index >= 15 is 0 Å². The molecule has 0 unspecified atom stereocenters. The first-order valence-corrected chi connectivity index (χ1v) is 10.6. The minimum Gasteiger partial charge on any atom is -0.321 e. The Labute approximate surface area is 166 Å². The smallest absolute Gasteiger partial charge is 0.267 e. The van der Waals surface area contributed by atoms with Crippen LogP contribution in [0.25, 0.3) is 0 Å². The summed E-state index contributed by atoms with van der Waals surface area (Å²) in [5, 5.41) is 2.90. The Hall–Kier alpha value is -2.78. The molecule has 1 heterocycles. The lowest BCUT2D eigenvalue weighted by Gasteiger charge is -2.09. The Morgan fingerprint density at radius 3 is 2.43 bits per heavy atom. The number of rotatable bonds is 5. The number of aromatic nitrogens is 1. The van der Waals surface area contributed by atoms with Gasteiger partial charge in [0.05, 0.1) is 10.6 Å². The molecule has 3 rings (SSSR count). The number of nitrogens with zero attached hydrogens (tertiary/aromatic N) is 1. The van der Waals surface area contributed by atoms with Crippen LogP contribution in [0.4, 0.5) is 15.2 Å². The number of aryl methyl sites for hydroxylation is 2. The van der Waals surface area contributed by atoms with Crippen LogP contribution in [0.2, 0.25) is 0 Å². The number of halogens is 1. The molecular formula is C19H18FN3O3S2. The van der Waals surface area contributed by atoms with E-state index < -0.39 is 15.8 Å². The zero-order valence-corrected chi connectivity index (χ0v) is 17.0. The standard InChI is InChI=1S/C19H18FN3O3S2/c1-11-5-4-6-16(12(11)2)22-18(24)17-13(3)21-19(27-17)23-28(25,26)15-9-7-14(20)8-10-15/h4-10H,1-3H3,(H,21,23)(H,22,24). The molecule has 3 aromatic rings. The molecule has 0 saturated carbocycles. The van der Waals surface area contributed by atoms with E-state index in [1.807, 2.05) is 26.0 Å². The van der Waals surface area contributed by atoms with Gasteiger partial charge in [0.2, 0.25) is 0 Å². The molecule has 0 aliphatic heterocycles. The maximum Gasteiger partial charge on any atom is 0.267 e. The second-order valence-corrected chi connectivity index (χ2v) is 8.88. The highest BCUT2D eigenvalue weighted by molar-refractivity contribution is 7.93. The van der Waals surface area contributed by atoms with Gasteiger partial charge < -0.3 is 5.32 Å². The molecule has 0 fully saturated rings. The van der Waals surface area contributed by atoms with E-state index in [-0.39, 0.29) is 15.9 Å². The van der Waals surface area contributed by atoms with Crippen molar-refractivity contribution in [2.45, 2.75) is 25.7 Å². The lowest BCUT2D eigenvalue weighted by atomic mass is 10.1. The molecule has 1 aromatic heterocycles. The van der Waals surface area contributed by atoms with Crippen LogP contribution in [0.15, 0.2) is 47.4 Å². The van der Waals surface area contributed by atoms with Gasteiger partial charge in [0, 0.05) is 5.69 Å². The van der Waals surface area contributed by atoms with E-state index in [9.17, 15) is 17.6 Å². The van der Waals surface area contributed by atoms with Crippen molar-refractivity contribution in [1.82, 2.24) is 4.98 Å².